The van der Waals surface area contributed by atoms with Crippen molar-refractivity contribution in [2.24, 2.45) is 4.99 Å². The Hall–Kier alpha value is -3.80. The summed E-state index contributed by atoms with van der Waals surface area (Å²) in [5, 5.41) is 21.3. The molecule has 242 valence electrons. The summed E-state index contributed by atoms with van der Waals surface area (Å²) in [6.45, 7) is 13.6. The lowest BCUT2D eigenvalue weighted by Gasteiger charge is -2.44. The maximum atomic E-state index is 15.9. The number of fused-ring (bicyclic) bond motifs is 3. The Morgan fingerprint density at radius 1 is 0.978 bits per heavy atom. The van der Waals surface area contributed by atoms with Crippen molar-refractivity contribution in [3.05, 3.63) is 81.5 Å². The second kappa shape index (κ2) is 12.1. The molecule has 1 N–H and O–H groups in total. The van der Waals surface area contributed by atoms with E-state index in [9.17, 15) is 5.11 Å². The molecular weight excluding hydrogens is 601 g/mol. The zero-order valence-electron chi connectivity index (χ0n) is 27.3. The molecule has 3 aliphatic heterocycles. The molecule has 0 bridgehead atoms. The number of β-amino-alcohol motifs (C(OH)–C–C–N with tert-alkyl or cyclic N) is 1. The highest BCUT2D eigenvalue weighted by Gasteiger charge is 2.36. The SMILES string of the molecule is COc1cccc(N2CCN(CC3(O)CCN(c4ccc(C5=N[C@@H](C)c6nnc(C)n6-c6sc(C)c(C)c65)cc4F)CC3)CC2)c1. The smallest absolute Gasteiger partial charge is 0.162 e. The molecule has 11 heteroatoms. The van der Waals surface area contributed by atoms with E-state index in [4.69, 9.17) is 9.73 Å². The average Bonchev–Trinajstić information content (AvgIpc) is 3.54. The predicted octanol–water partition coefficient (Wildman–Crippen LogP) is 5.47. The van der Waals surface area contributed by atoms with Gasteiger partial charge in [0.2, 0.25) is 0 Å². The van der Waals surface area contributed by atoms with E-state index in [1.165, 1.54) is 10.6 Å². The van der Waals surface area contributed by atoms with Crippen molar-refractivity contribution in [1.82, 2.24) is 19.7 Å². The fourth-order valence-electron chi connectivity index (χ4n) is 7.10. The molecule has 0 amide bonds. The summed E-state index contributed by atoms with van der Waals surface area (Å²) in [7, 11) is 1.69. The topological polar surface area (TPSA) is 82.2 Å². The molecule has 0 radical (unpaired) electrons. The van der Waals surface area contributed by atoms with Gasteiger partial charge >= 0.3 is 0 Å². The normalized spacial score (nSPS) is 19.8. The van der Waals surface area contributed by atoms with Crippen molar-refractivity contribution in [3.63, 3.8) is 0 Å². The van der Waals surface area contributed by atoms with E-state index in [1.807, 2.05) is 38.1 Å². The number of hydrogen-bond acceptors (Lipinski definition) is 9. The first-order valence-electron chi connectivity index (χ1n) is 16.1. The van der Waals surface area contributed by atoms with E-state index < -0.39 is 5.60 Å². The Balaban J connectivity index is 1.02. The predicted molar refractivity (Wildman–Crippen MR) is 182 cm³/mol. The Kier molecular flexibility index (Phi) is 8.11. The molecule has 2 aromatic carbocycles. The number of halogens is 1. The Bertz CT molecular complexity index is 1780. The highest BCUT2D eigenvalue weighted by molar-refractivity contribution is 7.15. The Labute approximate surface area is 274 Å². The van der Waals surface area contributed by atoms with Gasteiger partial charge in [0.1, 0.15) is 28.4 Å². The summed E-state index contributed by atoms with van der Waals surface area (Å²) in [5.74, 6) is 2.22. The largest absolute Gasteiger partial charge is 0.497 e. The van der Waals surface area contributed by atoms with Crippen LogP contribution >= 0.6 is 11.3 Å². The van der Waals surface area contributed by atoms with Gasteiger partial charge in [-0.2, -0.15) is 0 Å². The number of anilines is 2. The third-order valence-corrected chi connectivity index (χ3v) is 11.1. The molecule has 2 saturated heterocycles. The quantitative estimate of drug-likeness (QED) is 0.299. The van der Waals surface area contributed by atoms with Crippen molar-refractivity contribution in [3.8, 4) is 10.8 Å². The third kappa shape index (κ3) is 5.58. The summed E-state index contributed by atoms with van der Waals surface area (Å²) in [6.07, 6.45) is 1.20. The number of nitrogens with zero attached hydrogens (tertiary/aromatic N) is 7. The number of aromatic nitrogens is 3. The first-order chi connectivity index (χ1) is 22.1. The van der Waals surface area contributed by atoms with Gasteiger partial charge in [0.05, 0.1) is 24.1 Å². The number of aliphatic imine (C=N–C) groups is 1. The van der Waals surface area contributed by atoms with Gasteiger partial charge < -0.3 is 19.6 Å². The molecule has 1 atom stereocenters. The molecule has 0 unspecified atom stereocenters. The van der Waals surface area contributed by atoms with Crippen LogP contribution < -0.4 is 14.5 Å². The zero-order chi connectivity index (χ0) is 32.2. The number of thiophene rings is 1. The lowest BCUT2D eigenvalue weighted by atomic mass is 9.90. The van der Waals surface area contributed by atoms with Crippen LogP contribution in [0.25, 0.3) is 5.00 Å². The lowest BCUT2D eigenvalue weighted by Crippen LogP contribution is -2.55. The first kappa shape index (κ1) is 30.8. The van der Waals surface area contributed by atoms with Crippen LogP contribution in [0.3, 0.4) is 0 Å². The molecule has 0 saturated carbocycles. The molecule has 0 spiro atoms. The van der Waals surface area contributed by atoms with Crippen molar-refractivity contribution in [2.75, 3.05) is 62.7 Å². The number of benzene rings is 2. The number of aliphatic hydroxyl groups is 1. The Morgan fingerprint density at radius 2 is 1.74 bits per heavy atom. The molecule has 4 aromatic rings. The van der Waals surface area contributed by atoms with Gasteiger partial charge in [-0.05, 0) is 70.4 Å². The third-order valence-electron chi connectivity index (χ3n) is 9.92. The standard InChI is InChI=1S/C35H42FN7O2S/c1-22-24(3)46-34-31(22)32(37-23(2)33-39-38-25(4)43(33)34)26-9-10-30(29(36)19-26)42-13-11-35(44,12-14-42)21-40-15-17-41(18-16-40)27-7-6-8-28(20-27)45-5/h6-10,19-20,23,44H,11-18,21H2,1-5H3/t23-/m0/s1. The Morgan fingerprint density at radius 3 is 2.46 bits per heavy atom. The van der Waals surface area contributed by atoms with Crippen LogP contribution in [-0.2, 0) is 0 Å². The van der Waals surface area contributed by atoms with Gasteiger partial charge in [-0.1, -0.05) is 12.1 Å². The number of methoxy groups -OCH3 is 1. The number of piperazine rings is 1. The van der Waals surface area contributed by atoms with E-state index in [-0.39, 0.29) is 11.9 Å². The van der Waals surface area contributed by atoms with E-state index >= 15 is 4.39 Å². The maximum Gasteiger partial charge on any atom is 0.162 e. The summed E-state index contributed by atoms with van der Waals surface area (Å²) < 4.78 is 23.4. The zero-order valence-corrected chi connectivity index (χ0v) is 28.1. The molecule has 2 fully saturated rings. The number of aryl methyl sites for hydroxylation is 2. The molecule has 7 rings (SSSR count). The van der Waals surface area contributed by atoms with Crippen LogP contribution in [0.1, 0.15) is 59.0 Å². The van der Waals surface area contributed by atoms with Crippen LogP contribution in [0, 0.1) is 26.6 Å². The molecule has 0 aliphatic carbocycles. The van der Waals surface area contributed by atoms with Crippen molar-refractivity contribution < 1.29 is 14.2 Å². The van der Waals surface area contributed by atoms with Gasteiger partial charge in [-0.3, -0.25) is 14.5 Å². The minimum Gasteiger partial charge on any atom is -0.497 e. The van der Waals surface area contributed by atoms with Gasteiger partial charge in [-0.25, -0.2) is 4.39 Å². The molecule has 9 nitrogen and oxygen atoms in total. The van der Waals surface area contributed by atoms with E-state index in [0.717, 1.165) is 71.0 Å². The van der Waals surface area contributed by atoms with Gasteiger partial charge in [0.25, 0.3) is 0 Å². The van der Waals surface area contributed by atoms with Crippen molar-refractivity contribution in [1.29, 1.82) is 0 Å². The van der Waals surface area contributed by atoms with Gasteiger partial charge in [0.15, 0.2) is 5.82 Å². The van der Waals surface area contributed by atoms with Gasteiger partial charge in [0, 0.05) is 73.6 Å². The highest BCUT2D eigenvalue weighted by atomic mass is 32.1. The molecule has 46 heavy (non-hydrogen) atoms. The van der Waals surface area contributed by atoms with Crippen molar-refractivity contribution >= 4 is 28.4 Å². The summed E-state index contributed by atoms with van der Waals surface area (Å²) in [6, 6.07) is 13.5. The fourth-order valence-corrected chi connectivity index (χ4v) is 8.31. The molecule has 3 aliphatic rings. The number of piperidine rings is 1. The molecule has 2 aromatic heterocycles. The van der Waals surface area contributed by atoms with E-state index in [0.29, 0.717) is 38.2 Å². The van der Waals surface area contributed by atoms with Crippen LogP contribution in [-0.4, -0.2) is 89.0 Å². The summed E-state index contributed by atoms with van der Waals surface area (Å²) >= 11 is 1.70. The minimum atomic E-state index is -0.779. The monoisotopic (exact) mass is 643 g/mol. The van der Waals surface area contributed by atoms with Crippen LogP contribution in [0.15, 0.2) is 47.5 Å². The van der Waals surface area contributed by atoms with E-state index in [2.05, 4.69) is 55.4 Å². The average molecular weight is 644 g/mol. The second-order valence-corrected chi connectivity index (χ2v) is 14.1. The van der Waals surface area contributed by atoms with E-state index in [1.54, 1.807) is 24.5 Å². The van der Waals surface area contributed by atoms with Crippen LogP contribution in [0.2, 0.25) is 0 Å². The molecule has 5 heterocycles. The fraction of sp³-hybridized carbons (Fsp3) is 0.457. The number of rotatable bonds is 6. The van der Waals surface area contributed by atoms with Crippen molar-refractivity contribution in [2.45, 2.75) is 52.2 Å². The van der Waals surface area contributed by atoms with Crippen LogP contribution in [0.4, 0.5) is 15.8 Å². The highest BCUT2D eigenvalue weighted by Crippen LogP contribution is 2.39. The van der Waals surface area contributed by atoms with Gasteiger partial charge in [-0.15, -0.1) is 21.5 Å². The summed E-state index contributed by atoms with van der Waals surface area (Å²) in [5.41, 5.74) is 4.68. The number of hydrogen-bond donors (Lipinski definition) is 1. The maximum absolute atomic E-state index is 15.9. The lowest BCUT2D eigenvalue weighted by molar-refractivity contribution is -0.0174. The van der Waals surface area contributed by atoms with Crippen LogP contribution in [0.5, 0.6) is 5.75 Å². The first-order valence-corrected chi connectivity index (χ1v) is 16.9. The second-order valence-electron chi connectivity index (χ2n) is 12.9. The minimum absolute atomic E-state index is 0.220. The number of ether oxygens (including phenoxy) is 1. The summed E-state index contributed by atoms with van der Waals surface area (Å²) in [4.78, 5) is 13.1. The molecular formula is C35H42FN7O2S.